The zero-order chi connectivity index (χ0) is 16.8. The van der Waals surface area contributed by atoms with E-state index in [1.54, 1.807) is 12.1 Å². The van der Waals surface area contributed by atoms with Crippen molar-refractivity contribution in [1.29, 1.82) is 0 Å². The van der Waals surface area contributed by atoms with Crippen LogP contribution in [0.3, 0.4) is 0 Å². The molecule has 0 aromatic heterocycles. The third-order valence-corrected chi connectivity index (χ3v) is 3.96. The average molecular weight is 446 g/mol. The molecule has 23 heavy (non-hydrogen) atoms. The first kappa shape index (κ1) is 17.9. The van der Waals surface area contributed by atoms with Crippen molar-refractivity contribution in [3.05, 3.63) is 50.6 Å². The summed E-state index contributed by atoms with van der Waals surface area (Å²) >= 11 is 8.44. The van der Waals surface area contributed by atoms with Crippen LogP contribution in [0.4, 0.5) is 5.69 Å². The van der Waals surface area contributed by atoms with E-state index in [4.69, 9.17) is 21.1 Å². The Balaban J connectivity index is 2.27. The highest BCUT2D eigenvalue weighted by Gasteiger charge is 2.16. The molecule has 0 atom stereocenters. The molecule has 0 unspecified atom stereocenters. The molecule has 0 heterocycles. The molecule has 0 spiro atoms. The van der Waals surface area contributed by atoms with Gasteiger partial charge in [-0.1, -0.05) is 11.6 Å². The molecule has 0 radical (unpaired) electrons. The van der Waals surface area contributed by atoms with Gasteiger partial charge in [-0.3, -0.25) is 4.79 Å². The van der Waals surface area contributed by atoms with Crippen molar-refractivity contribution in [3.8, 4) is 11.5 Å². The molecule has 0 aliphatic heterocycles. The molecule has 0 bridgehead atoms. The lowest BCUT2D eigenvalue weighted by atomic mass is 10.1. The number of rotatable bonds is 6. The molecular weight excluding hydrogens is 429 g/mol. The van der Waals surface area contributed by atoms with Gasteiger partial charge in [-0.2, -0.15) is 0 Å². The smallest absolute Gasteiger partial charge is 0.255 e. The van der Waals surface area contributed by atoms with Gasteiger partial charge in [0.15, 0.2) is 11.5 Å². The third kappa shape index (κ3) is 4.75. The maximum absolute atomic E-state index is 12.4. The summed E-state index contributed by atoms with van der Waals surface area (Å²) < 4.78 is 12.1. The molecule has 122 valence electrons. The second-order valence-corrected chi connectivity index (χ2v) is 6.27. The van der Waals surface area contributed by atoms with Crippen molar-refractivity contribution in [2.24, 2.45) is 0 Å². The van der Waals surface area contributed by atoms with Gasteiger partial charge < -0.3 is 14.8 Å². The third-order valence-electron chi connectivity index (χ3n) is 2.96. The Kier molecular flexibility index (Phi) is 6.53. The number of ether oxygens (including phenoxy) is 2. The van der Waals surface area contributed by atoms with Crippen LogP contribution < -0.4 is 14.8 Å². The highest BCUT2D eigenvalue weighted by molar-refractivity contribution is 14.1. The summed E-state index contributed by atoms with van der Waals surface area (Å²) in [5.74, 6) is 0.675. The monoisotopic (exact) mass is 445 g/mol. The zero-order valence-corrected chi connectivity index (χ0v) is 15.8. The van der Waals surface area contributed by atoms with Gasteiger partial charge in [0.2, 0.25) is 0 Å². The normalized spacial score (nSPS) is 10.3. The second-order valence-electron chi connectivity index (χ2n) is 4.61. The average Bonchev–Trinajstić information content (AvgIpc) is 2.53. The molecule has 0 saturated carbocycles. The van der Waals surface area contributed by atoms with Crippen molar-refractivity contribution >= 4 is 45.8 Å². The fourth-order valence-electron chi connectivity index (χ4n) is 1.98. The Hall–Kier alpha value is -1.47. The molecule has 2 rings (SSSR count). The van der Waals surface area contributed by atoms with Gasteiger partial charge in [0, 0.05) is 14.8 Å². The van der Waals surface area contributed by atoms with Gasteiger partial charge in [-0.25, -0.2) is 0 Å². The molecule has 2 aromatic rings. The standard InChI is InChI=1S/C17H17ClINO3/c1-3-22-15-10-11(9-14(18)16(15)23-4-2)17(21)20-13-7-5-12(19)6-8-13/h5-10H,3-4H2,1-2H3,(H,20,21). The van der Waals surface area contributed by atoms with Gasteiger partial charge in [0.25, 0.3) is 5.91 Å². The van der Waals surface area contributed by atoms with E-state index in [1.165, 1.54) is 0 Å². The summed E-state index contributed by atoms with van der Waals surface area (Å²) in [6.45, 7) is 4.65. The van der Waals surface area contributed by atoms with Crippen molar-refractivity contribution < 1.29 is 14.3 Å². The maximum atomic E-state index is 12.4. The fraction of sp³-hybridized carbons (Fsp3) is 0.235. The molecule has 4 nitrogen and oxygen atoms in total. The van der Waals surface area contributed by atoms with E-state index < -0.39 is 0 Å². The summed E-state index contributed by atoms with van der Waals surface area (Å²) in [6.07, 6.45) is 0. The predicted octanol–water partition coefficient (Wildman–Crippen LogP) is 4.99. The van der Waals surface area contributed by atoms with Crippen LogP contribution in [0, 0.1) is 3.57 Å². The van der Waals surface area contributed by atoms with Gasteiger partial charge in [0.1, 0.15) is 0 Å². The molecule has 0 aliphatic carbocycles. The predicted molar refractivity (Wildman–Crippen MR) is 101 cm³/mol. The summed E-state index contributed by atoms with van der Waals surface area (Å²) in [4.78, 5) is 12.4. The topological polar surface area (TPSA) is 47.6 Å². The number of anilines is 1. The number of benzene rings is 2. The lowest BCUT2D eigenvalue weighted by molar-refractivity contribution is 0.102. The number of amides is 1. The Morgan fingerprint density at radius 1 is 1.13 bits per heavy atom. The molecular formula is C17H17ClINO3. The minimum absolute atomic E-state index is 0.253. The Labute approximate surface area is 154 Å². The first-order chi connectivity index (χ1) is 11.0. The molecule has 0 aliphatic rings. The van der Waals surface area contributed by atoms with Crippen LogP contribution in [0.15, 0.2) is 36.4 Å². The van der Waals surface area contributed by atoms with Gasteiger partial charge in [0.05, 0.1) is 18.2 Å². The second kappa shape index (κ2) is 8.40. The summed E-state index contributed by atoms with van der Waals surface area (Å²) in [6, 6.07) is 10.8. The van der Waals surface area contributed by atoms with Crippen LogP contribution in [0.2, 0.25) is 5.02 Å². The first-order valence-corrected chi connectivity index (χ1v) is 8.66. The fourth-order valence-corrected chi connectivity index (χ4v) is 2.61. The van der Waals surface area contributed by atoms with E-state index in [-0.39, 0.29) is 5.91 Å². The van der Waals surface area contributed by atoms with Crippen LogP contribution in [-0.2, 0) is 0 Å². The molecule has 1 N–H and O–H groups in total. The number of hydrogen-bond donors (Lipinski definition) is 1. The highest BCUT2D eigenvalue weighted by Crippen LogP contribution is 2.36. The van der Waals surface area contributed by atoms with Gasteiger partial charge >= 0.3 is 0 Å². The van der Waals surface area contributed by atoms with Gasteiger partial charge in [-0.05, 0) is 72.8 Å². The van der Waals surface area contributed by atoms with Crippen LogP contribution in [0.1, 0.15) is 24.2 Å². The molecule has 1 amide bonds. The number of hydrogen-bond acceptors (Lipinski definition) is 3. The first-order valence-electron chi connectivity index (χ1n) is 7.21. The van der Waals surface area contributed by atoms with E-state index in [1.807, 2.05) is 38.1 Å². The quantitative estimate of drug-likeness (QED) is 0.637. The zero-order valence-electron chi connectivity index (χ0n) is 12.9. The van der Waals surface area contributed by atoms with Crippen molar-refractivity contribution in [2.75, 3.05) is 18.5 Å². The number of carbonyl (C=O) groups excluding carboxylic acids is 1. The minimum Gasteiger partial charge on any atom is -0.490 e. The summed E-state index contributed by atoms with van der Waals surface area (Å²) in [5, 5.41) is 3.19. The Morgan fingerprint density at radius 2 is 1.78 bits per heavy atom. The van der Waals surface area contributed by atoms with Crippen LogP contribution in [0.25, 0.3) is 0 Å². The van der Waals surface area contributed by atoms with Crippen molar-refractivity contribution in [1.82, 2.24) is 0 Å². The Morgan fingerprint density at radius 3 is 2.39 bits per heavy atom. The van der Waals surface area contributed by atoms with E-state index >= 15 is 0 Å². The van der Waals surface area contributed by atoms with E-state index in [0.29, 0.717) is 35.3 Å². The number of halogens is 2. The van der Waals surface area contributed by atoms with Gasteiger partial charge in [-0.15, -0.1) is 0 Å². The van der Waals surface area contributed by atoms with Crippen LogP contribution >= 0.6 is 34.2 Å². The number of nitrogens with one attached hydrogen (secondary N) is 1. The molecule has 2 aromatic carbocycles. The van der Waals surface area contributed by atoms with E-state index in [9.17, 15) is 4.79 Å². The van der Waals surface area contributed by atoms with E-state index in [0.717, 1.165) is 9.26 Å². The van der Waals surface area contributed by atoms with Crippen molar-refractivity contribution in [2.45, 2.75) is 13.8 Å². The van der Waals surface area contributed by atoms with Crippen molar-refractivity contribution in [3.63, 3.8) is 0 Å². The molecule has 0 fully saturated rings. The molecule has 0 saturated heterocycles. The van der Waals surface area contributed by atoms with Crippen LogP contribution in [0.5, 0.6) is 11.5 Å². The minimum atomic E-state index is -0.253. The largest absolute Gasteiger partial charge is 0.490 e. The number of carbonyl (C=O) groups is 1. The summed E-state index contributed by atoms with van der Waals surface area (Å²) in [5.41, 5.74) is 1.14. The van der Waals surface area contributed by atoms with Crippen LogP contribution in [-0.4, -0.2) is 19.1 Å². The lowest BCUT2D eigenvalue weighted by Gasteiger charge is -2.14. The SMILES string of the molecule is CCOc1cc(C(=O)Nc2ccc(I)cc2)cc(Cl)c1OCC. The summed E-state index contributed by atoms with van der Waals surface area (Å²) in [7, 11) is 0. The Bertz CT molecular complexity index is 689. The highest BCUT2D eigenvalue weighted by atomic mass is 127. The molecule has 6 heteroatoms. The maximum Gasteiger partial charge on any atom is 0.255 e. The van der Waals surface area contributed by atoms with E-state index in [2.05, 4.69) is 27.9 Å². The lowest BCUT2D eigenvalue weighted by Crippen LogP contribution is -2.12.